The van der Waals surface area contributed by atoms with Crippen LogP contribution in [0.3, 0.4) is 0 Å². The van der Waals surface area contributed by atoms with Crippen molar-refractivity contribution in [1.82, 2.24) is 20.4 Å². The number of piperidine rings is 1. The van der Waals surface area contributed by atoms with E-state index < -0.39 is 0 Å². The van der Waals surface area contributed by atoms with Gasteiger partial charge in [0.25, 0.3) is 0 Å². The average molecular weight is 545 g/mol. The molecule has 8 heteroatoms. The summed E-state index contributed by atoms with van der Waals surface area (Å²) < 4.78 is 0. The largest absolute Gasteiger partial charge is 0.357 e. The Hall–Kier alpha value is -1.39. The molecule has 0 saturated carbocycles. The van der Waals surface area contributed by atoms with Gasteiger partial charge in [0.2, 0.25) is 5.91 Å². The van der Waals surface area contributed by atoms with Crippen LogP contribution in [0.4, 0.5) is 5.69 Å². The summed E-state index contributed by atoms with van der Waals surface area (Å²) in [5.74, 6) is 0.823. The summed E-state index contributed by atoms with van der Waals surface area (Å²) in [6.45, 7) is 9.28. The summed E-state index contributed by atoms with van der Waals surface area (Å²) in [7, 11) is 3.77. The lowest BCUT2D eigenvalue weighted by Gasteiger charge is -2.35. The minimum atomic E-state index is -0.0150. The lowest BCUT2D eigenvalue weighted by Crippen LogP contribution is -2.45. The second-order valence-electron chi connectivity index (χ2n) is 8.20. The van der Waals surface area contributed by atoms with E-state index in [-0.39, 0.29) is 29.9 Å². The number of anilines is 1. The van der Waals surface area contributed by atoms with Gasteiger partial charge in [-0.3, -0.25) is 9.69 Å². The van der Waals surface area contributed by atoms with E-state index in [0.717, 1.165) is 42.9 Å². The topological polar surface area (TPSA) is 72.0 Å². The Morgan fingerprint density at radius 1 is 1.23 bits per heavy atom. The Balaban J connectivity index is 0.00000480. The second kappa shape index (κ2) is 15.4. The molecule has 2 rings (SSSR count). The predicted octanol–water partition coefficient (Wildman–Crippen LogP) is 3.12. The molecule has 3 N–H and O–H groups in total. The maximum absolute atomic E-state index is 12.0. The molecule has 1 saturated heterocycles. The highest BCUT2D eigenvalue weighted by molar-refractivity contribution is 14.0. The van der Waals surface area contributed by atoms with Crippen molar-refractivity contribution >= 4 is 41.5 Å². The average Bonchev–Trinajstić information content (AvgIpc) is 2.72. The summed E-state index contributed by atoms with van der Waals surface area (Å²) in [6.07, 6.45) is 5.23. The second-order valence-corrected chi connectivity index (χ2v) is 8.20. The Morgan fingerprint density at radius 2 is 2.03 bits per heavy atom. The van der Waals surface area contributed by atoms with Crippen LogP contribution in [0, 0.1) is 0 Å². The molecule has 0 aromatic heterocycles. The molecule has 1 aromatic rings. The molecule has 1 aliphatic rings. The van der Waals surface area contributed by atoms with Crippen LogP contribution in [0.25, 0.3) is 0 Å². The number of likely N-dealkylation sites (N-methyl/N-ethyl adjacent to an activating group) is 1. The van der Waals surface area contributed by atoms with Gasteiger partial charge in [-0.05, 0) is 64.5 Å². The molecule has 1 aromatic carbocycles. The number of aliphatic imine (C=N–C) groups is 1. The first-order chi connectivity index (χ1) is 14.5. The van der Waals surface area contributed by atoms with Crippen molar-refractivity contribution in [1.29, 1.82) is 0 Å². The third-order valence-electron chi connectivity index (χ3n) is 5.35. The van der Waals surface area contributed by atoms with E-state index in [4.69, 9.17) is 4.99 Å². The van der Waals surface area contributed by atoms with Crippen LogP contribution < -0.4 is 16.0 Å². The molecule has 1 fully saturated rings. The summed E-state index contributed by atoms with van der Waals surface area (Å²) in [5, 5.41) is 9.74. The fourth-order valence-corrected chi connectivity index (χ4v) is 3.88. The molecule has 1 heterocycles. The predicted molar refractivity (Wildman–Crippen MR) is 141 cm³/mol. The van der Waals surface area contributed by atoms with Gasteiger partial charge >= 0.3 is 0 Å². The molecule has 1 amide bonds. The van der Waals surface area contributed by atoms with Crippen LogP contribution in [0.15, 0.2) is 29.3 Å². The van der Waals surface area contributed by atoms with Crippen LogP contribution in [0.2, 0.25) is 0 Å². The quantitative estimate of drug-likeness (QED) is 0.240. The van der Waals surface area contributed by atoms with E-state index in [0.29, 0.717) is 13.1 Å². The molecule has 0 aliphatic carbocycles. The lowest BCUT2D eigenvalue weighted by atomic mass is 10.0. The van der Waals surface area contributed by atoms with Gasteiger partial charge in [0.1, 0.15) is 0 Å². The van der Waals surface area contributed by atoms with Gasteiger partial charge in [0.15, 0.2) is 5.96 Å². The molecule has 176 valence electrons. The molecular weight excluding hydrogens is 503 g/mol. The molecule has 31 heavy (non-hydrogen) atoms. The highest BCUT2D eigenvalue weighted by Crippen LogP contribution is 2.18. The highest BCUT2D eigenvalue weighted by Gasteiger charge is 2.19. The molecule has 0 radical (unpaired) electrons. The van der Waals surface area contributed by atoms with Crippen molar-refractivity contribution in [2.24, 2.45) is 4.99 Å². The van der Waals surface area contributed by atoms with Crippen molar-refractivity contribution in [3.8, 4) is 0 Å². The Bertz CT molecular complexity index is 682. The number of amides is 1. The number of rotatable bonds is 10. The van der Waals surface area contributed by atoms with Crippen LogP contribution in [0.1, 0.15) is 45.1 Å². The number of hydrogen-bond donors (Lipinski definition) is 3. The van der Waals surface area contributed by atoms with Gasteiger partial charge in [-0.15, -0.1) is 24.0 Å². The van der Waals surface area contributed by atoms with Crippen molar-refractivity contribution in [2.75, 3.05) is 52.1 Å². The van der Waals surface area contributed by atoms with Crippen molar-refractivity contribution in [3.05, 3.63) is 29.8 Å². The Kier molecular flexibility index (Phi) is 13.7. The van der Waals surface area contributed by atoms with E-state index in [9.17, 15) is 4.79 Å². The maximum atomic E-state index is 12.0. The zero-order chi connectivity index (χ0) is 21.8. The molecule has 7 nitrogen and oxygen atoms in total. The number of carbonyl (C=O) groups excluding carboxylic acids is 1. The normalized spacial score (nSPS) is 17.2. The van der Waals surface area contributed by atoms with Crippen LogP contribution in [-0.2, 0) is 11.3 Å². The minimum absolute atomic E-state index is 0. The van der Waals surface area contributed by atoms with E-state index in [1.807, 2.05) is 43.3 Å². The lowest BCUT2D eigenvalue weighted by molar-refractivity contribution is -0.116. The highest BCUT2D eigenvalue weighted by atomic mass is 127. The monoisotopic (exact) mass is 544 g/mol. The van der Waals surface area contributed by atoms with E-state index in [2.05, 4.69) is 34.7 Å². The third kappa shape index (κ3) is 10.7. The number of nitrogens with one attached hydrogen (secondary N) is 3. The Labute approximate surface area is 205 Å². The van der Waals surface area contributed by atoms with Crippen LogP contribution in [-0.4, -0.2) is 74.5 Å². The molecule has 1 atom stereocenters. The molecule has 1 aliphatic heterocycles. The first kappa shape index (κ1) is 27.6. The summed E-state index contributed by atoms with van der Waals surface area (Å²) >= 11 is 0. The van der Waals surface area contributed by atoms with Crippen molar-refractivity contribution < 1.29 is 4.79 Å². The van der Waals surface area contributed by atoms with Gasteiger partial charge in [0, 0.05) is 31.4 Å². The van der Waals surface area contributed by atoms with Gasteiger partial charge in [-0.25, -0.2) is 4.99 Å². The van der Waals surface area contributed by atoms with Gasteiger partial charge in [-0.2, -0.15) is 0 Å². The zero-order valence-corrected chi connectivity index (χ0v) is 21.9. The van der Waals surface area contributed by atoms with E-state index in [1.54, 1.807) is 0 Å². The standard InChI is InChI=1S/C23H40N6O.HI/c1-5-21-12-7-8-14-29(21)15-13-25-23(24-6-2)26-17-19-10-9-11-20(16-19)27-22(30)18-28(3)4;/h9-11,16,21H,5-8,12-15,17-18H2,1-4H3,(H,27,30)(H2,24,25,26);1H. The van der Waals surface area contributed by atoms with Crippen molar-refractivity contribution in [3.63, 3.8) is 0 Å². The Morgan fingerprint density at radius 3 is 2.74 bits per heavy atom. The number of nitrogens with zero attached hydrogens (tertiary/aromatic N) is 3. The number of guanidine groups is 1. The summed E-state index contributed by atoms with van der Waals surface area (Å²) in [4.78, 5) is 21.2. The van der Waals surface area contributed by atoms with Crippen LogP contribution >= 0.6 is 24.0 Å². The molecule has 1 unspecified atom stereocenters. The first-order valence-corrected chi connectivity index (χ1v) is 11.3. The first-order valence-electron chi connectivity index (χ1n) is 11.3. The number of halogens is 1. The molecule has 0 spiro atoms. The fraction of sp³-hybridized carbons (Fsp3) is 0.652. The number of hydrogen-bond acceptors (Lipinski definition) is 4. The zero-order valence-electron chi connectivity index (χ0n) is 19.6. The summed E-state index contributed by atoms with van der Waals surface area (Å²) in [6, 6.07) is 8.62. The number of likely N-dealkylation sites (tertiary alicyclic amines) is 1. The maximum Gasteiger partial charge on any atom is 0.238 e. The number of benzene rings is 1. The smallest absolute Gasteiger partial charge is 0.238 e. The van der Waals surface area contributed by atoms with Gasteiger partial charge in [0.05, 0.1) is 13.1 Å². The van der Waals surface area contributed by atoms with Gasteiger partial charge < -0.3 is 20.9 Å². The van der Waals surface area contributed by atoms with Crippen molar-refractivity contribution in [2.45, 2.75) is 52.1 Å². The van der Waals surface area contributed by atoms with E-state index in [1.165, 1.54) is 32.2 Å². The SMILES string of the molecule is CCNC(=NCc1cccc(NC(=O)CN(C)C)c1)NCCN1CCCCC1CC.I. The number of carbonyl (C=O) groups is 1. The molecular formula is C23H41IN6O. The van der Waals surface area contributed by atoms with Gasteiger partial charge in [-0.1, -0.05) is 25.5 Å². The molecule has 0 bridgehead atoms. The summed E-state index contributed by atoms with van der Waals surface area (Å²) in [5.41, 5.74) is 1.88. The van der Waals surface area contributed by atoms with E-state index >= 15 is 0 Å². The third-order valence-corrected chi connectivity index (χ3v) is 5.35. The fourth-order valence-electron chi connectivity index (χ4n) is 3.88. The minimum Gasteiger partial charge on any atom is -0.357 e. The van der Waals surface area contributed by atoms with Crippen LogP contribution in [0.5, 0.6) is 0 Å².